The summed E-state index contributed by atoms with van der Waals surface area (Å²) in [6, 6.07) is 25.7. The molecule has 27 heavy (non-hydrogen) atoms. The normalized spacial score (nSPS) is 11.0. The van der Waals surface area contributed by atoms with Crippen molar-refractivity contribution in [2.24, 2.45) is 7.05 Å². The molecule has 134 valence electrons. The van der Waals surface area contributed by atoms with E-state index in [0.717, 1.165) is 0 Å². The Kier molecular flexibility index (Phi) is 4.41. The first kappa shape index (κ1) is 17.3. The number of hydrogen-bond donors (Lipinski definition) is 0. The topological polar surface area (TPSA) is 8.81 Å². The number of hydrogen-bond acceptors (Lipinski definition) is 0. The number of para-hydroxylation sites is 1. The van der Waals surface area contributed by atoms with Crippen LogP contribution in [-0.2, 0) is 7.05 Å². The van der Waals surface area contributed by atoms with Crippen LogP contribution in [-0.4, -0.2) is 4.57 Å². The molecule has 2 nitrogen and oxygen atoms in total. The Balaban J connectivity index is 2.08. The SMILES string of the molecule is Cc1ccccc1-c1n(C)c(-c2ccccc2)c[n+]1-c1c(C)cccc1C. The van der Waals surface area contributed by atoms with Crippen LogP contribution < -0.4 is 4.57 Å². The summed E-state index contributed by atoms with van der Waals surface area (Å²) in [5, 5.41) is 0. The summed E-state index contributed by atoms with van der Waals surface area (Å²) in [6.45, 7) is 6.55. The molecule has 4 rings (SSSR count). The highest BCUT2D eigenvalue weighted by Crippen LogP contribution is 2.28. The summed E-state index contributed by atoms with van der Waals surface area (Å²) < 4.78 is 4.67. The van der Waals surface area contributed by atoms with Gasteiger partial charge in [0.05, 0.1) is 12.6 Å². The van der Waals surface area contributed by atoms with E-state index in [1.165, 1.54) is 45.0 Å². The van der Waals surface area contributed by atoms with Crippen molar-refractivity contribution in [1.82, 2.24) is 4.57 Å². The molecule has 0 radical (unpaired) electrons. The first-order valence-electron chi connectivity index (χ1n) is 9.37. The Labute approximate surface area is 161 Å². The van der Waals surface area contributed by atoms with E-state index in [2.05, 4.69) is 116 Å². The van der Waals surface area contributed by atoms with Crippen molar-refractivity contribution in [3.05, 3.63) is 95.7 Å². The van der Waals surface area contributed by atoms with E-state index in [4.69, 9.17) is 0 Å². The number of benzene rings is 3. The average molecular weight is 353 g/mol. The van der Waals surface area contributed by atoms with Crippen molar-refractivity contribution in [2.45, 2.75) is 20.8 Å². The second-order valence-electron chi connectivity index (χ2n) is 7.19. The fraction of sp³-hybridized carbons (Fsp3) is 0.160. The standard InChI is InChI=1S/C25H25N2/c1-18-11-8-9-16-22(18)25-26(4)23(21-14-6-5-7-15-21)17-27(25)24-19(2)12-10-13-20(24)3/h5-17H,1-4H3/q+1. The van der Waals surface area contributed by atoms with Crippen molar-refractivity contribution in [3.8, 4) is 28.3 Å². The van der Waals surface area contributed by atoms with Gasteiger partial charge in [-0.05, 0) is 43.5 Å². The second-order valence-corrected chi connectivity index (χ2v) is 7.19. The van der Waals surface area contributed by atoms with E-state index < -0.39 is 0 Å². The van der Waals surface area contributed by atoms with Crippen molar-refractivity contribution < 1.29 is 4.57 Å². The Morgan fingerprint density at radius 1 is 0.667 bits per heavy atom. The number of rotatable bonds is 3. The van der Waals surface area contributed by atoms with Crippen LogP contribution in [0, 0.1) is 20.8 Å². The minimum atomic E-state index is 1.20. The van der Waals surface area contributed by atoms with Gasteiger partial charge in [-0.1, -0.05) is 66.7 Å². The summed E-state index contributed by atoms with van der Waals surface area (Å²) in [5.41, 5.74) is 8.77. The molecule has 4 aromatic rings. The minimum absolute atomic E-state index is 1.20. The molecule has 2 heteroatoms. The third kappa shape index (κ3) is 2.97. The molecule has 1 aromatic heterocycles. The molecule has 0 atom stereocenters. The summed E-state index contributed by atoms with van der Waals surface area (Å²) in [5.74, 6) is 1.20. The van der Waals surface area contributed by atoms with E-state index in [-0.39, 0.29) is 0 Å². The predicted molar refractivity (Wildman–Crippen MR) is 112 cm³/mol. The highest BCUT2D eigenvalue weighted by atomic mass is 15.2. The molecule has 3 aromatic carbocycles. The lowest BCUT2D eigenvalue weighted by Crippen LogP contribution is -2.34. The number of nitrogens with zero attached hydrogens (tertiary/aromatic N) is 2. The molecule has 0 amide bonds. The van der Waals surface area contributed by atoms with Crippen LogP contribution in [0.3, 0.4) is 0 Å². The monoisotopic (exact) mass is 353 g/mol. The summed E-state index contributed by atoms with van der Waals surface area (Å²) in [6.07, 6.45) is 2.27. The number of imidazole rings is 1. The van der Waals surface area contributed by atoms with Gasteiger partial charge < -0.3 is 0 Å². The van der Waals surface area contributed by atoms with Crippen LogP contribution in [0.4, 0.5) is 0 Å². The van der Waals surface area contributed by atoms with Gasteiger partial charge in [0.1, 0.15) is 11.9 Å². The zero-order valence-electron chi connectivity index (χ0n) is 16.4. The van der Waals surface area contributed by atoms with E-state index in [9.17, 15) is 0 Å². The zero-order chi connectivity index (χ0) is 19.0. The van der Waals surface area contributed by atoms with Gasteiger partial charge >= 0.3 is 0 Å². The number of aromatic nitrogens is 2. The molecule has 0 unspecified atom stereocenters. The molecule has 0 fully saturated rings. The van der Waals surface area contributed by atoms with Crippen LogP contribution >= 0.6 is 0 Å². The molecule has 0 aliphatic heterocycles. The third-order valence-corrected chi connectivity index (χ3v) is 5.29. The smallest absolute Gasteiger partial charge is 0.225 e. The summed E-state index contributed by atoms with van der Waals surface area (Å²) in [7, 11) is 2.16. The van der Waals surface area contributed by atoms with Gasteiger partial charge in [0, 0.05) is 5.56 Å². The highest BCUT2D eigenvalue weighted by Gasteiger charge is 2.27. The van der Waals surface area contributed by atoms with Gasteiger partial charge in [-0.3, -0.25) is 0 Å². The van der Waals surface area contributed by atoms with Gasteiger partial charge in [0.2, 0.25) is 0 Å². The third-order valence-electron chi connectivity index (χ3n) is 5.29. The van der Waals surface area contributed by atoms with Gasteiger partial charge in [0.25, 0.3) is 5.82 Å². The van der Waals surface area contributed by atoms with Crippen LogP contribution in [0.15, 0.2) is 79.0 Å². The first-order chi connectivity index (χ1) is 13.1. The molecule has 0 aliphatic carbocycles. The lowest BCUT2D eigenvalue weighted by Gasteiger charge is -2.10. The van der Waals surface area contributed by atoms with E-state index in [1.54, 1.807) is 0 Å². The van der Waals surface area contributed by atoms with Crippen LogP contribution in [0.1, 0.15) is 16.7 Å². The highest BCUT2D eigenvalue weighted by molar-refractivity contribution is 5.66. The average Bonchev–Trinajstić information content (AvgIpc) is 3.00. The molecule has 1 heterocycles. The Morgan fingerprint density at radius 2 is 1.26 bits per heavy atom. The predicted octanol–water partition coefficient (Wildman–Crippen LogP) is 5.56. The largest absolute Gasteiger partial charge is 0.294 e. The van der Waals surface area contributed by atoms with Crippen LogP contribution in [0.2, 0.25) is 0 Å². The van der Waals surface area contributed by atoms with E-state index in [0.29, 0.717) is 0 Å². The van der Waals surface area contributed by atoms with E-state index in [1.807, 2.05) is 0 Å². The summed E-state index contributed by atoms with van der Waals surface area (Å²) in [4.78, 5) is 0. The Hall–Kier alpha value is -3.13. The Bertz CT molecular complexity index is 1080. The van der Waals surface area contributed by atoms with Crippen LogP contribution in [0.5, 0.6) is 0 Å². The Morgan fingerprint density at radius 3 is 1.93 bits per heavy atom. The first-order valence-corrected chi connectivity index (χ1v) is 9.37. The maximum atomic E-state index is 2.36. The van der Waals surface area contributed by atoms with Gasteiger partial charge in [-0.15, -0.1) is 0 Å². The maximum absolute atomic E-state index is 2.36. The summed E-state index contributed by atoms with van der Waals surface area (Å²) >= 11 is 0. The van der Waals surface area contributed by atoms with Crippen molar-refractivity contribution >= 4 is 0 Å². The molecular weight excluding hydrogens is 328 g/mol. The second kappa shape index (κ2) is 6.88. The van der Waals surface area contributed by atoms with Gasteiger partial charge in [-0.25, -0.2) is 4.57 Å². The van der Waals surface area contributed by atoms with Crippen molar-refractivity contribution in [2.75, 3.05) is 0 Å². The molecule has 0 aliphatic rings. The molecular formula is C25H25N2+. The zero-order valence-corrected chi connectivity index (χ0v) is 16.4. The molecule has 0 N–H and O–H groups in total. The van der Waals surface area contributed by atoms with Gasteiger partial charge in [-0.2, -0.15) is 4.57 Å². The quantitative estimate of drug-likeness (QED) is 0.426. The van der Waals surface area contributed by atoms with Gasteiger partial charge in [0.15, 0.2) is 5.69 Å². The minimum Gasteiger partial charge on any atom is -0.225 e. The molecule has 0 saturated carbocycles. The fourth-order valence-corrected chi connectivity index (χ4v) is 3.91. The number of aryl methyl sites for hydroxylation is 3. The lowest BCUT2D eigenvalue weighted by molar-refractivity contribution is -0.583. The van der Waals surface area contributed by atoms with E-state index >= 15 is 0 Å². The van der Waals surface area contributed by atoms with Crippen molar-refractivity contribution in [1.29, 1.82) is 0 Å². The van der Waals surface area contributed by atoms with Crippen molar-refractivity contribution in [3.63, 3.8) is 0 Å². The molecule has 0 bridgehead atoms. The fourth-order valence-electron chi connectivity index (χ4n) is 3.91. The van der Waals surface area contributed by atoms with Crippen LogP contribution in [0.25, 0.3) is 28.3 Å². The maximum Gasteiger partial charge on any atom is 0.294 e. The molecule has 0 saturated heterocycles. The lowest BCUT2D eigenvalue weighted by atomic mass is 10.1. The molecule has 0 spiro atoms.